The Morgan fingerprint density at radius 3 is 2.89 bits per heavy atom. The molecule has 0 aromatic heterocycles. The van der Waals surface area contributed by atoms with E-state index in [1.165, 1.54) is 11.6 Å². The molecule has 0 unspecified atom stereocenters. The molecular weight excluding hydrogens is 241 g/mol. The molecule has 0 atom stereocenters. The predicted molar refractivity (Wildman–Crippen MR) is 74.0 cm³/mol. The second kappa shape index (κ2) is 5.31. The molecule has 0 spiro atoms. The first-order valence-corrected chi connectivity index (χ1v) is 6.56. The van der Waals surface area contributed by atoms with Crippen molar-refractivity contribution >= 4 is 5.69 Å². The summed E-state index contributed by atoms with van der Waals surface area (Å²) in [5, 5.41) is 3.41. The van der Waals surface area contributed by atoms with Gasteiger partial charge in [-0.15, -0.1) is 0 Å². The minimum Gasteiger partial charge on any atom is -0.486 e. The molecule has 2 aromatic rings. The zero-order valence-electron chi connectivity index (χ0n) is 10.7. The zero-order valence-corrected chi connectivity index (χ0v) is 10.7. The molecule has 98 valence electrons. The van der Waals surface area contributed by atoms with Crippen molar-refractivity contribution in [2.75, 3.05) is 11.9 Å². The van der Waals surface area contributed by atoms with E-state index in [1.807, 2.05) is 12.1 Å². The molecule has 0 bridgehead atoms. The number of anilines is 1. The fourth-order valence-electron chi connectivity index (χ4n) is 2.42. The average molecular weight is 257 g/mol. The lowest BCUT2D eigenvalue weighted by atomic mass is 10.00. The Labute approximate surface area is 112 Å². The van der Waals surface area contributed by atoms with Crippen molar-refractivity contribution in [2.24, 2.45) is 0 Å². The molecule has 2 aromatic carbocycles. The second-order valence-electron chi connectivity index (χ2n) is 4.70. The molecule has 2 nitrogen and oxygen atoms in total. The topological polar surface area (TPSA) is 21.3 Å². The number of hydrogen-bond donors (Lipinski definition) is 1. The van der Waals surface area contributed by atoms with Gasteiger partial charge < -0.3 is 10.1 Å². The quantitative estimate of drug-likeness (QED) is 0.904. The maximum Gasteiger partial charge on any atom is 0.165 e. The van der Waals surface area contributed by atoms with E-state index in [9.17, 15) is 4.39 Å². The summed E-state index contributed by atoms with van der Waals surface area (Å²) in [7, 11) is 0. The van der Waals surface area contributed by atoms with E-state index in [4.69, 9.17) is 4.74 Å². The predicted octanol–water partition coefficient (Wildman–Crippen LogP) is 3.76. The fraction of sp³-hybridized carbons (Fsp3) is 0.250. The van der Waals surface area contributed by atoms with Crippen molar-refractivity contribution < 1.29 is 9.13 Å². The largest absolute Gasteiger partial charge is 0.486 e. The summed E-state index contributed by atoms with van der Waals surface area (Å²) in [5.74, 6) is -0.0174. The maximum atomic E-state index is 13.5. The number of benzene rings is 2. The van der Waals surface area contributed by atoms with Crippen molar-refractivity contribution in [3.8, 4) is 5.75 Å². The second-order valence-corrected chi connectivity index (χ2v) is 4.70. The highest BCUT2D eigenvalue weighted by molar-refractivity contribution is 5.59. The Morgan fingerprint density at radius 1 is 1.11 bits per heavy atom. The number of ether oxygens (including phenoxy) is 1. The highest BCUT2D eigenvalue weighted by atomic mass is 19.1. The van der Waals surface area contributed by atoms with Crippen LogP contribution in [0.5, 0.6) is 5.75 Å². The van der Waals surface area contributed by atoms with Crippen LogP contribution in [0.25, 0.3) is 0 Å². The van der Waals surface area contributed by atoms with Crippen LogP contribution in [0.2, 0.25) is 0 Å². The molecule has 0 saturated carbocycles. The normalized spacial score (nSPS) is 13.5. The van der Waals surface area contributed by atoms with Crippen molar-refractivity contribution in [3.05, 3.63) is 59.4 Å². The van der Waals surface area contributed by atoms with Gasteiger partial charge in [-0.25, -0.2) is 4.39 Å². The first kappa shape index (κ1) is 12.0. The van der Waals surface area contributed by atoms with Gasteiger partial charge in [0, 0.05) is 17.8 Å². The van der Waals surface area contributed by atoms with Crippen molar-refractivity contribution in [1.82, 2.24) is 0 Å². The van der Waals surface area contributed by atoms with E-state index in [1.54, 1.807) is 18.2 Å². The van der Waals surface area contributed by atoms with Gasteiger partial charge in [-0.3, -0.25) is 0 Å². The first-order chi connectivity index (χ1) is 9.34. The van der Waals surface area contributed by atoms with Gasteiger partial charge in [0.25, 0.3) is 0 Å². The lowest BCUT2D eigenvalue weighted by Gasteiger charge is -2.21. The van der Waals surface area contributed by atoms with Crippen LogP contribution in [-0.4, -0.2) is 6.54 Å². The van der Waals surface area contributed by atoms with E-state index >= 15 is 0 Å². The van der Waals surface area contributed by atoms with Gasteiger partial charge in [-0.05, 0) is 30.5 Å². The number of fused-ring (bicyclic) bond motifs is 1. The summed E-state index contributed by atoms with van der Waals surface area (Å²) in [6, 6.07) is 12.7. The molecule has 1 heterocycles. The number of aryl methyl sites for hydroxylation is 1. The third kappa shape index (κ3) is 2.55. The van der Waals surface area contributed by atoms with E-state index in [0.717, 1.165) is 30.6 Å². The van der Waals surface area contributed by atoms with Gasteiger partial charge in [0.05, 0.1) is 0 Å². The molecular formula is C16H16FNO. The monoisotopic (exact) mass is 257 g/mol. The smallest absolute Gasteiger partial charge is 0.165 e. The van der Waals surface area contributed by atoms with Gasteiger partial charge in [-0.1, -0.05) is 30.3 Å². The minimum absolute atomic E-state index is 0.302. The van der Waals surface area contributed by atoms with Crippen LogP contribution in [0.3, 0.4) is 0 Å². The van der Waals surface area contributed by atoms with Crippen LogP contribution in [0.1, 0.15) is 17.5 Å². The Kier molecular flexibility index (Phi) is 3.36. The molecule has 19 heavy (non-hydrogen) atoms. The molecule has 1 aliphatic heterocycles. The van der Waals surface area contributed by atoms with Crippen molar-refractivity contribution in [3.63, 3.8) is 0 Å². The summed E-state index contributed by atoms with van der Waals surface area (Å²) in [4.78, 5) is 0. The Balaban J connectivity index is 1.79. The number of halogens is 1. The number of rotatable bonds is 3. The standard InChI is InChI=1S/C16H16FNO/c17-14-8-1-2-9-15(14)19-11-13-6-3-5-12-7-4-10-18-16(12)13/h1-3,5-6,8-9,18H,4,7,10-11H2. The number of hydrogen-bond acceptors (Lipinski definition) is 2. The van der Waals surface area contributed by atoms with E-state index in [-0.39, 0.29) is 5.82 Å². The number of nitrogens with one attached hydrogen (secondary N) is 1. The lowest BCUT2D eigenvalue weighted by Crippen LogP contribution is -2.14. The maximum absolute atomic E-state index is 13.5. The van der Waals surface area contributed by atoms with Gasteiger partial charge in [-0.2, -0.15) is 0 Å². The third-order valence-corrected chi connectivity index (χ3v) is 3.38. The Bertz CT molecular complexity index is 583. The van der Waals surface area contributed by atoms with Gasteiger partial charge in [0.1, 0.15) is 6.61 Å². The molecule has 0 saturated heterocycles. The van der Waals surface area contributed by atoms with Gasteiger partial charge in [0.15, 0.2) is 11.6 Å². The summed E-state index contributed by atoms with van der Waals surface area (Å²) < 4.78 is 19.1. The van der Waals surface area contributed by atoms with Crippen LogP contribution >= 0.6 is 0 Å². The van der Waals surface area contributed by atoms with Crippen molar-refractivity contribution in [2.45, 2.75) is 19.4 Å². The summed E-state index contributed by atoms with van der Waals surface area (Å²) in [5.41, 5.74) is 3.56. The minimum atomic E-state index is -0.319. The van der Waals surface area contributed by atoms with Crippen LogP contribution in [0.4, 0.5) is 10.1 Å². The average Bonchev–Trinajstić information content (AvgIpc) is 2.46. The van der Waals surface area contributed by atoms with E-state index < -0.39 is 0 Å². The van der Waals surface area contributed by atoms with Crippen molar-refractivity contribution in [1.29, 1.82) is 0 Å². The zero-order chi connectivity index (χ0) is 13.1. The molecule has 0 amide bonds. The van der Waals surface area contributed by atoms with Crippen LogP contribution in [0, 0.1) is 5.82 Å². The number of para-hydroxylation sites is 2. The van der Waals surface area contributed by atoms with Crippen LogP contribution in [0.15, 0.2) is 42.5 Å². The Hall–Kier alpha value is -2.03. The molecule has 0 aliphatic carbocycles. The van der Waals surface area contributed by atoms with Gasteiger partial charge in [0.2, 0.25) is 0 Å². The van der Waals surface area contributed by atoms with E-state index in [0.29, 0.717) is 12.4 Å². The molecule has 0 fully saturated rings. The first-order valence-electron chi connectivity index (χ1n) is 6.56. The summed E-state index contributed by atoms with van der Waals surface area (Å²) >= 11 is 0. The highest BCUT2D eigenvalue weighted by Gasteiger charge is 2.12. The molecule has 0 radical (unpaired) electrons. The highest BCUT2D eigenvalue weighted by Crippen LogP contribution is 2.27. The van der Waals surface area contributed by atoms with E-state index in [2.05, 4.69) is 11.4 Å². The summed E-state index contributed by atoms with van der Waals surface area (Å²) in [6.07, 6.45) is 2.25. The molecule has 3 rings (SSSR count). The molecule has 1 aliphatic rings. The molecule has 3 heteroatoms. The third-order valence-electron chi connectivity index (χ3n) is 3.38. The van der Waals surface area contributed by atoms with Crippen LogP contribution in [-0.2, 0) is 13.0 Å². The van der Waals surface area contributed by atoms with Crippen LogP contribution < -0.4 is 10.1 Å². The Morgan fingerprint density at radius 2 is 2.00 bits per heavy atom. The fourth-order valence-corrected chi connectivity index (χ4v) is 2.42. The van der Waals surface area contributed by atoms with Gasteiger partial charge >= 0.3 is 0 Å². The lowest BCUT2D eigenvalue weighted by molar-refractivity contribution is 0.290. The molecule has 1 N–H and O–H groups in total. The SMILES string of the molecule is Fc1ccccc1OCc1cccc2c1NCCC2. The summed E-state index contributed by atoms with van der Waals surface area (Å²) in [6.45, 7) is 1.38.